The van der Waals surface area contributed by atoms with Gasteiger partial charge in [-0.3, -0.25) is 4.79 Å². The number of nitrogens with zero attached hydrogens (tertiary/aromatic N) is 1. The van der Waals surface area contributed by atoms with Crippen LogP contribution < -0.4 is 14.3 Å². The first-order valence-corrected chi connectivity index (χ1v) is 16.0. The predicted molar refractivity (Wildman–Crippen MR) is 160 cm³/mol. The second-order valence-corrected chi connectivity index (χ2v) is 13.8. The van der Waals surface area contributed by atoms with Gasteiger partial charge in [-0.05, 0) is 107 Å². The van der Waals surface area contributed by atoms with Crippen molar-refractivity contribution in [3.05, 3.63) is 53.6 Å². The van der Waals surface area contributed by atoms with E-state index in [2.05, 4.69) is 21.6 Å². The minimum atomic E-state index is -1.40. The van der Waals surface area contributed by atoms with Gasteiger partial charge in [-0.15, -0.1) is 0 Å². The highest BCUT2D eigenvalue weighted by atomic mass is 32.2. The molecule has 1 atom stereocenters. The Morgan fingerprint density at radius 3 is 2.37 bits per heavy atom. The molecule has 8 heteroatoms. The lowest BCUT2D eigenvalue weighted by atomic mass is 9.66. The van der Waals surface area contributed by atoms with Gasteiger partial charge in [0.05, 0.1) is 11.5 Å². The molecule has 1 aliphatic heterocycles. The molecule has 5 rings (SSSR count). The van der Waals surface area contributed by atoms with E-state index in [-0.39, 0.29) is 23.5 Å². The monoisotopic (exact) mass is 557 g/mol. The summed E-state index contributed by atoms with van der Waals surface area (Å²) in [6.45, 7) is 10.7. The molecule has 1 unspecified atom stereocenters. The summed E-state index contributed by atoms with van der Waals surface area (Å²) < 4.78 is 19.3. The van der Waals surface area contributed by atoms with Crippen LogP contribution in [0.15, 0.2) is 47.4 Å². The van der Waals surface area contributed by atoms with Gasteiger partial charge in [0, 0.05) is 40.2 Å². The summed E-state index contributed by atoms with van der Waals surface area (Å²) in [6.07, 6.45) is 7.39. The first-order chi connectivity index (χ1) is 18.1. The Balaban J connectivity index is 0.00000164. The average Bonchev–Trinajstić information content (AvgIpc) is 3.60. The van der Waals surface area contributed by atoms with E-state index in [1.807, 2.05) is 63.8 Å². The normalized spacial score (nSPS) is 19.5. The summed E-state index contributed by atoms with van der Waals surface area (Å²) >= 11 is 1.49. The van der Waals surface area contributed by atoms with Gasteiger partial charge in [0.2, 0.25) is 0 Å². The molecule has 3 aliphatic rings. The number of carbonyl (C=O) groups excluding carboxylic acids is 1. The zero-order chi connectivity index (χ0) is 27.6. The number of anilines is 2. The molecule has 0 saturated heterocycles. The number of amides is 1. The number of hydrogen-bond acceptors (Lipinski definition) is 5. The molecule has 2 aromatic carbocycles. The van der Waals surface area contributed by atoms with Crippen molar-refractivity contribution in [3.63, 3.8) is 0 Å². The molecule has 2 aliphatic carbocycles. The minimum Gasteiger partial charge on any atom is -0.395 e. The van der Waals surface area contributed by atoms with Gasteiger partial charge in [-0.2, -0.15) is 0 Å². The van der Waals surface area contributed by atoms with Crippen molar-refractivity contribution in [2.75, 3.05) is 28.5 Å². The van der Waals surface area contributed by atoms with Crippen molar-refractivity contribution in [1.82, 2.24) is 4.72 Å². The van der Waals surface area contributed by atoms with E-state index < -0.39 is 11.0 Å². The smallest absolute Gasteiger partial charge is 0.258 e. The van der Waals surface area contributed by atoms with Gasteiger partial charge in [-0.25, -0.2) is 8.93 Å². The first kappa shape index (κ1) is 29.1. The highest BCUT2D eigenvalue weighted by molar-refractivity contribution is 8.00. The topological polar surface area (TPSA) is 81.7 Å². The van der Waals surface area contributed by atoms with Crippen LogP contribution in [0.5, 0.6) is 0 Å². The number of fused-ring (bicyclic) bond motifs is 2. The third-order valence-electron chi connectivity index (χ3n) is 7.87. The Bertz CT molecular complexity index is 1160. The highest BCUT2D eigenvalue weighted by Crippen LogP contribution is 2.62. The van der Waals surface area contributed by atoms with Gasteiger partial charge in [0.15, 0.2) is 0 Å². The maximum atomic E-state index is 13.9. The third kappa shape index (κ3) is 6.30. The molecule has 0 aromatic heterocycles. The lowest BCUT2D eigenvalue weighted by Crippen LogP contribution is -2.40. The second kappa shape index (κ2) is 11.7. The summed E-state index contributed by atoms with van der Waals surface area (Å²) in [5.41, 5.74) is 4.07. The molecule has 2 fully saturated rings. The third-order valence-corrected chi connectivity index (χ3v) is 10.1. The molecular weight excluding hydrogens is 514 g/mol. The molecule has 2 spiro atoms. The van der Waals surface area contributed by atoms with Crippen LogP contribution in [0, 0.1) is 5.41 Å². The van der Waals surface area contributed by atoms with E-state index in [4.69, 9.17) is 5.11 Å². The standard InChI is InChI=1S/C28H37N3O3S2.C2H6/c1-26(2,3)30-36(34)22-6-4-5-20(17-22)25(33)31-19-28(13-11-27(9-10-27)12-14-28)23-18-21(7-8-24(23)31)29-35-16-15-32;1-2/h4-8,17-18,29-30,32H,9-16,19H2,1-3H3;1-2H3. The quantitative estimate of drug-likeness (QED) is 0.270. The molecule has 0 bridgehead atoms. The molecule has 2 saturated carbocycles. The van der Waals surface area contributed by atoms with Gasteiger partial charge in [-0.1, -0.05) is 31.9 Å². The summed E-state index contributed by atoms with van der Waals surface area (Å²) in [7, 11) is -1.40. The first-order valence-electron chi connectivity index (χ1n) is 13.9. The Labute approximate surface area is 235 Å². The second-order valence-electron chi connectivity index (χ2n) is 11.7. The Hall–Kier alpha value is -1.87. The number of rotatable bonds is 7. The molecule has 208 valence electrons. The summed E-state index contributed by atoms with van der Waals surface area (Å²) in [6, 6.07) is 13.5. The predicted octanol–water partition coefficient (Wildman–Crippen LogP) is 6.43. The lowest BCUT2D eigenvalue weighted by Gasteiger charge is -2.38. The Kier molecular flexibility index (Phi) is 8.97. The molecule has 6 nitrogen and oxygen atoms in total. The fourth-order valence-electron chi connectivity index (χ4n) is 5.69. The van der Waals surface area contributed by atoms with E-state index in [1.54, 1.807) is 6.07 Å². The number of benzene rings is 2. The zero-order valence-electron chi connectivity index (χ0n) is 23.4. The van der Waals surface area contributed by atoms with Crippen molar-refractivity contribution < 1.29 is 14.1 Å². The Morgan fingerprint density at radius 2 is 1.74 bits per heavy atom. The van der Waals surface area contributed by atoms with Crippen LogP contribution in [0.1, 0.15) is 89.1 Å². The van der Waals surface area contributed by atoms with Crippen LogP contribution >= 0.6 is 11.9 Å². The summed E-state index contributed by atoms with van der Waals surface area (Å²) in [5.74, 6) is 0.585. The summed E-state index contributed by atoms with van der Waals surface area (Å²) in [4.78, 5) is 16.4. The van der Waals surface area contributed by atoms with Crippen molar-refractivity contribution >= 4 is 40.2 Å². The van der Waals surface area contributed by atoms with Crippen LogP contribution in [-0.2, 0) is 16.4 Å². The van der Waals surface area contributed by atoms with Crippen LogP contribution in [0.2, 0.25) is 0 Å². The minimum absolute atomic E-state index is 0.0214. The van der Waals surface area contributed by atoms with Crippen LogP contribution in [0.3, 0.4) is 0 Å². The SMILES string of the molecule is CC.CC(C)(C)NS(=O)c1cccc(C(=O)N2CC3(CCC4(CC4)CC3)c3cc(NSCCO)ccc32)c1. The van der Waals surface area contributed by atoms with Gasteiger partial charge in [0.25, 0.3) is 5.91 Å². The molecule has 3 N–H and O–H groups in total. The fraction of sp³-hybridized carbons (Fsp3) is 0.567. The van der Waals surface area contributed by atoms with Gasteiger partial charge >= 0.3 is 0 Å². The maximum Gasteiger partial charge on any atom is 0.258 e. The van der Waals surface area contributed by atoms with Crippen LogP contribution in [0.25, 0.3) is 0 Å². The molecule has 1 amide bonds. The van der Waals surface area contributed by atoms with Crippen LogP contribution in [-0.4, -0.2) is 39.7 Å². The lowest BCUT2D eigenvalue weighted by molar-refractivity contribution is 0.0980. The van der Waals surface area contributed by atoms with E-state index in [0.717, 1.165) is 24.2 Å². The number of aliphatic hydroxyl groups is 1. The van der Waals surface area contributed by atoms with Crippen molar-refractivity contribution in [2.24, 2.45) is 5.41 Å². The van der Waals surface area contributed by atoms with Crippen molar-refractivity contribution in [1.29, 1.82) is 0 Å². The highest BCUT2D eigenvalue weighted by Gasteiger charge is 2.53. The molecule has 2 aromatic rings. The Morgan fingerprint density at radius 1 is 1.05 bits per heavy atom. The van der Waals surface area contributed by atoms with Crippen LogP contribution in [0.4, 0.5) is 11.4 Å². The molecule has 1 heterocycles. The average molecular weight is 558 g/mol. The number of carbonyl (C=O) groups is 1. The number of nitrogens with one attached hydrogen (secondary N) is 2. The number of hydrogen-bond donors (Lipinski definition) is 3. The molecule has 38 heavy (non-hydrogen) atoms. The molecule has 0 radical (unpaired) electrons. The fourth-order valence-corrected chi connectivity index (χ4v) is 7.29. The van der Waals surface area contributed by atoms with E-state index >= 15 is 0 Å². The van der Waals surface area contributed by atoms with Gasteiger partial charge in [0.1, 0.15) is 11.0 Å². The van der Waals surface area contributed by atoms with Crippen molar-refractivity contribution in [2.45, 2.75) is 89.0 Å². The number of aliphatic hydroxyl groups excluding tert-OH is 1. The summed E-state index contributed by atoms with van der Waals surface area (Å²) in [5, 5.41) is 9.14. The van der Waals surface area contributed by atoms with E-state index in [9.17, 15) is 9.00 Å². The van der Waals surface area contributed by atoms with Gasteiger partial charge < -0.3 is 14.7 Å². The van der Waals surface area contributed by atoms with E-state index in [0.29, 0.717) is 28.2 Å². The largest absolute Gasteiger partial charge is 0.395 e. The maximum absolute atomic E-state index is 13.9. The zero-order valence-corrected chi connectivity index (χ0v) is 25.1. The molecular formula is C30H43N3O3S2. The van der Waals surface area contributed by atoms with Crippen molar-refractivity contribution in [3.8, 4) is 0 Å². The van der Waals surface area contributed by atoms with E-state index in [1.165, 1.54) is 43.2 Å².